The maximum absolute atomic E-state index is 10.8. The van der Waals surface area contributed by atoms with Crippen LogP contribution in [0.1, 0.15) is 20.8 Å². The first kappa shape index (κ1) is 18.3. The van der Waals surface area contributed by atoms with Gasteiger partial charge in [0.2, 0.25) is 0 Å². The molecule has 0 aromatic carbocycles. The lowest BCUT2D eigenvalue weighted by Crippen LogP contribution is -2.36. The molecule has 17 heavy (non-hydrogen) atoms. The highest BCUT2D eigenvalue weighted by Crippen LogP contribution is 1.90. The molecule has 0 unspecified atom stereocenters. The van der Waals surface area contributed by atoms with Crippen molar-refractivity contribution in [3.05, 3.63) is 0 Å². The summed E-state index contributed by atoms with van der Waals surface area (Å²) >= 11 is 0. The highest BCUT2D eigenvalue weighted by atomic mass is 16.3. The molecule has 2 N–H and O–H groups in total. The zero-order valence-electron chi connectivity index (χ0n) is 10.6. The van der Waals surface area contributed by atoms with Crippen molar-refractivity contribution in [2.75, 3.05) is 32.8 Å². The number of hydrogen-bond donors (Lipinski definition) is 2. The zero-order valence-corrected chi connectivity index (χ0v) is 10.6. The highest BCUT2D eigenvalue weighted by Gasteiger charge is 2.11. The number of rotatable bonds is 7. The van der Waals surface area contributed by atoms with E-state index in [1.165, 1.54) is 20.8 Å². The molecule has 0 aromatic heterocycles. The molecule has 0 aliphatic heterocycles. The number of aliphatic hydroxyl groups is 2. The molecule has 0 saturated heterocycles. The molecule has 0 aliphatic rings. The van der Waals surface area contributed by atoms with Crippen molar-refractivity contribution in [2.24, 2.45) is 0 Å². The second-order valence-electron chi connectivity index (χ2n) is 3.70. The van der Waals surface area contributed by atoms with Crippen LogP contribution in [-0.4, -0.2) is 65.3 Å². The third kappa shape index (κ3) is 17.5. The molecule has 0 rings (SSSR count). The van der Waals surface area contributed by atoms with Crippen molar-refractivity contribution in [1.82, 2.24) is 4.90 Å². The van der Waals surface area contributed by atoms with Crippen molar-refractivity contribution >= 4 is 17.3 Å². The van der Waals surface area contributed by atoms with Crippen LogP contribution >= 0.6 is 0 Å². The largest absolute Gasteiger partial charge is 0.394 e. The molecule has 0 fully saturated rings. The summed E-state index contributed by atoms with van der Waals surface area (Å²) in [6.07, 6.45) is 0. The van der Waals surface area contributed by atoms with Crippen molar-refractivity contribution in [3.8, 4) is 0 Å². The van der Waals surface area contributed by atoms with Gasteiger partial charge in [0.1, 0.15) is 17.3 Å². The molecule has 100 valence electrons. The Morgan fingerprint density at radius 3 is 1.12 bits per heavy atom. The average molecular weight is 247 g/mol. The second-order valence-corrected chi connectivity index (χ2v) is 3.70. The lowest BCUT2D eigenvalue weighted by Gasteiger charge is -2.17. The Labute approximate surface area is 101 Å². The van der Waals surface area contributed by atoms with Gasteiger partial charge >= 0.3 is 0 Å². The minimum Gasteiger partial charge on any atom is -0.394 e. The minimum atomic E-state index is -0.125. The first-order valence-electron chi connectivity index (χ1n) is 5.25. The summed E-state index contributed by atoms with van der Waals surface area (Å²) in [6.45, 7) is 4.56. The zero-order chi connectivity index (χ0) is 13.8. The minimum absolute atomic E-state index is 0.0394. The number of hydrogen-bond acceptors (Lipinski definition) is 6. The van der Waals surface area contributed by atoms with Crippen molar-refractivity contribution in [3.63, 3.8) is 0 Å². The van der Waals surface area contributed by atoms with Crippen LogP contribution in [0.5, 0.6) is 0 Å². The van der Waals surface area contributed by atoms with Crippen molar-refractivity contribution < 1.29 is 24.6 Å². The molecule has 6 nitrogen and oxygen atoms in total. The first-order chi connectivity index (χ1) is 7.83. The van der Waals surface area contributed by atoms with Gasteiger partial charge in [-0.2, -0.15) is 0 Å². The highest BCUT2D eigenvalue weighted by molar-refractivity contribution is 5.83. The maximum Gasteiger partial charge on any atom is 0.143 e. The van der Waals surface area contributed by atoms with Gasteiger partial charge in [0.15, 0.2) is 0 Å². The Hall–Kier alpha value is -1.11. The lowest BCUT2D eigenvalue weighted by molar-refractivity contribution is -0.123. The molecular weight excluding hydrogens is 226 g/mol. The summed E-state index contributed by atoms with van der Waals surface area (Å²) in [7, 11) is 0. The summed E-state index contributed by atoms with van der Waals surface area (Å²) in [6, 6.07) is 0. The first-order valence-corrected chi connectivity index (χ1v) is 5.25. The van der Waals surface area contributed by atoms with Gasteiger partial charge in [0.25, 0.3) is 0 Å². The Bertz CT molecular complexity index is 212. The third-order valence-electron chi connectivity index (χ3n) is 1.44. The van der Waals surface area contributed by atoms with Crippen LogP contribution in [0, 0.1) is 0 Å². The van der Waals surface area contributed by atoms with Gasteiger partial charge in [0.05, 0.1) is 32.8 Å². The van der Waals surface area contributed by atoms with E-state index in [2.05, 4.69) is 0 Å². The van der Waals surface area contributed by atoms with E-state index in [0.717, 1.165) is 0 Å². The van der Waals surface area contributed by atoms with Gasteiger partial charge in [-0.1, -0.05) is 0 Å². The fraction of sp³-hybridized carbons (Fsp3) is 0.727. The SMILES string of the molecule is CC(=O)CN(CC(C)=O)CC(C)=O.OCCO. The molecule has 0 amide bonds. The van der Waals surface area contributed by atoms with E-state index in [4.69, 9.17) is 10.2 Å². The van der Waals surface area contributed by atoms with Gasteiger partial charge in [-0.05, 0) is 20.8 Å². The van der Waals surface area contributed by atoms with E-state index >= 15 is 0 Å². The molecule has 0 saturated carbocycles. The molecule has 0 spiro atoms. The Balaban J connectivity index is 0. The molecule has 0 bridgehead atoms. The lowest BCUT2D eigenvalue weighted by atomic mass is 10.3. The summed E-state index contributed by atoms with van der Waals surface area (Å²) in [5.74, 6) is -0.118. The number of carbonyl (C=O) groups excluding carboxylic acids is 3. The number of Topliss-reactive ketones (excluding diaryl/α,β-unsaturated/α-hetero) is 3. The summed E-state index contributed by atoms with van der Waals surface area (Å²) in [5.41, 5.74) is 0. The number of ketones is 3. The van der Waals surface area contributed by atoms with Gasteiger partial charge < -0.3 is 10.2 Å². The van der Waals surface area contributed by atoms with E-state index < -0.39 is 0 Å². The molecule has 6 heteroatoms. The van der Waals surface area contributed by atoms with Crippen molar-refractivity contribution in [1.29, 1.82) is 0 Å². The molecule has 0 radical (unpaired) electrons. The maximum atomic E-state index is 10.8. The number of nitrogens with zero attached hydrogens (tertiary/aromatic N) is 1. The fourth-order valence-corrected chi connectivity index (χ4v) is 1.11. The average Bonchev–Trinajstić information content (AvgIpc) is 2.14. The standard InChI is InChI=1S/C9H15NO3.C2H6O2/c1-7(11)4-10(5-8(2)12)6-9(3)13;3-1-2-4/h4-6H2,1-3H3;3-4H,1-2H2. The van der Waals surface area contributed by atoms with E-state index in [-0.39, 0.29) is 50.2 Å². The summed E-state index contributed by atoms with van der Waals surface area (Å²) in [5, 5.41) is 15.2. The smallest absolute Gasteiger partial charge is 0.143 e. The molecule has 0 atom stereocenters. The predicted octanol–water partition coefficient (Wildman–Crippen LogP) is -0.974. The Morgan fingerprint density at radius 1 is 0.765 bits per heavy atom. The summed E-state index contributed by atoms with van der Waals surface area (Å²) in [4.78, 5) is 33.8. The van der Waals surface area contributed by atoms with Crippen LogP contribution in [0.25, 0.3) is 0 Å². The second kappa shape index (κ2) is 11.4. The van der Waals surface area contributed by atoms with E-state index in [0.29, 0.717) is 0 Å². The van der Waals surface area contributed by atoms with E-state index in [9.17, 15) is 14.4 Å². The quantitative estimate of drug-likeness (QED) is 0.601. The van der Waals surface area contributed by atoms with Gasteiger partial charge in [-0.3, -0.25) is 19.3 Å². The van der Waals surface area contributed by atoms with Crippen LogP contribution in [0.3, 0.4) is 0 Å². The van der Waals surface area contributed by atoms with Gasteiger partial charge in [-0.15, -0.1) is 0 Å². The Kier molecular flexibility index (Phi) is 12.2. The molecular formula is C11H21NO5. The number of carbonyl (C=O) groups is 3. The van der Waals surface area contributed by atoms with Crippen molar-refractivity contribution in [2.45, 2.75) is 20.8 Å². The Morgan fingerprint density at radius 2 is 1.00 bits per heavy atom. The normalized spacial score (nSPS) is 9.53. The van der Waals surface area contributed by atoms with Gasteiger partial charge in [0, 0.05) is 0 Å². The monoisotopic (exact) mass is 247 g/mol. The van der Waals surface area contributed by atoms with E-state index in [1.807, 2.05) is 0 Å². The fourth-order valence-electron chi connectivity index (χ4n) is 1.11. The molecule has 0 aromatic rings. The predicted molar refractivity (Wildman–Crippen MR) is 62.7 cm³/mol. The van der Waals surface area contributed by atoms with Crippen LogP contribution in [0.15, 0.2) is 0 Å². The number of aliphatic hydroxyl groups excluding tert-OH is 2. The van der Waals surface area contributed by atoms with Crippen LogP contribution in [-0.2, 0) is 14.4 Å². The van der Waals surface area contributed by atoms with Gasteiger partial charge in [-0.25, -0.2) is 0 Å². The van der Waals surface area contributed by atoms with Crippen LogP contribution < -0.4 is 0 Å². The molecule has 0 aliphatic carbocycles. The van der Waals surface area contributed by atoms with Crippen LogP contribution in [0.4, 0.5) is 0 Å². The third-order valence-corrected chi connectivity index (χ3v) is 1.44. The summed E-state index contributed by atoms with van der Waals surface area (Å²) < 4.78 is 0. The topological polar surface area (TPSA) is 94.9 Å². The van der Waals surface area contributed by atoms with Crippen LogP contribution in [0.2, 0.25) is 0 Å². The van der Waals surface area contributed by atoms with E-state index in [1.54, 1.807) is 4.90 Å². The molecule has 0 heterocycles.